The van der Waals surface area contributed by atoms with Crippen LogP contribution in [0.4, 0.5) is 0 Å². The summed E-state index contributed by atoms with van der Waals surface area (Å²) in [6.07, 6.45) is 0. The van der Waals surface area contributed by atoms with Gasteiger partial charge in [-0.2, -0.15) is 0 Å². The molecule has 0 N–H and O–H groups in total. The van der Waals surface area contributed by atoms with Gasteiger partial charge in [0.25, 0.3) is 0 Å². The van der Waals surface area contributed by atoms with Crippen LogP contribution in [0.1, 0.15) is 25.3 Å². The zero-order valence-corrected chi connectivity index (χ0v) is 11.7. The molecule has 0 atom stereocenters. The molecule has 0 aromatic heterocycles. The van der Waals surface area contributed by atoms with Gasteiger partial charge in [-0.25, -0.2) is 0 Å². The van der Waals surface area contributed by atoms with Crippen molar-refractivity contribution in [2.45, 2.75) is 19.8 Å². The van der Waals surface area contributed by atoms with Crippen molar-refractivity contribution in [1.29, 1.82) is 0 Å². The fraction of sp³-hybridized carbons (Fsp3) is 0.200. The standard InChI is InChI=1S/C15H15I/c1-11(2)12-7-9-13(10-8-12)14-5-3-4-6-15(14)16/h3-11H,1-2H3. The second kappa shape index (κ2) is 5.00. The van der Waals surface area contributed by atoms with E-state index in [0.29, 0.717) is 5.92 Å². The molecular weight excluding hydrogens is 307 g/mol. The third-order valence-electron chi connectivity index (χ3n) is 2.76. The van der Waals surface area contributed by atoms with Gasteiger partial charge in [0.05, 0.1) is 0 Å². The van der Waals surface area contributed by atoms with Gasteiger partial charge in [0.1, 0.15) is 0 Å². The molecule has 0 amide bonds. The van der Waals surface area contributed by atoms with E-state index in [1.165, 1.54) is 20.3 Å². The Labute approximate surface area is 111 Å². The summed E-state index contributed by atoms with van der Waals surface area (Å²) in [5.74, 6) is 0.601. The number of rotatable bonds is 2. The molecule has 0 heterocycles. The summed E-state index contributed by atoms with van der Waals surface area (Å²) in [6.45, 7) is 4.45. The SMILES string of the molecule is CC(C)c1ccc(-c2ccccc2I)cc1. The van der Waals surface area contributed by atoms with Crippen molar-refractivity contribution in [3.63, 3.8) is 0 Å². The van der Waals surface area contributed by atoms with Gasteiger partial charge < -0.3 is 0 Å². The minimum absolute atomic E-state index is 0.601. The highest BCUT2D eigenvalue weighted by molar-refractivity contribution is 14.1. The molecule has 0 saturated carbocycles. The highest BCUT2D eigenvalue weighted by Gasteiger charge is 2.03. The molecular formula is C15H15I. The summed E-state index contributed by atoms with van der Waals surface area (Å²) in [7, 11) is 0. The van der Waals surface area contributed by atoms with Crippen molar-refractivity contribution >= 4 is 22.6 Å². The summed E-state index contributed by atoms with van der Waals surface area (Å²) in [4.78, 5) is 0. The van der Waals surface area contributed by atoms with E-state index in [-0.39, 0.29) is 0 Å². The molecule has 82 valence electrons. The van der Waals surface area contributed by atoms with Crippen LogP contribution in [0, 0.1) is 3.57 Å². The minimum atomic E-state index is 0.601. The molecule has 0 spiro atoms. The van der Waals surface area contributed by atoms with Crippen molar-refractivity contribution < 1.29 is 0 Å². The lowest BCUT2D eigenvalue weighted by atomic mass is 9.99. The average Bonchev–Trinajstić information content (AvgIpc) is 2.30. The van der Waals surface area contributed by atoms with Crippen LogP contribution in [-0.4, -0.2) is 0 Å². The molecule has 2 aromatic rings. The third kappa shape index (κ3) is 2.46. The lowest BCUT2D eigenvalue weighted by Crippen LogP contribution is -1.87. The molecule has 0 radical (unpaired) electrons. The van der Waals surface area contributed by atoms with Crippen molar-refractivity contribution in [1.82, 2.24) is 0 Å². The van der Waals surface area contributed by atoms with Gasteiger partial charge in [-0.05, 0) is 51.3 Å². The fourth-order valence-electron chi connectivity index (χ4n) is 1.74. The molecule has 2 rings (SSSR count). The molecule has 0 saturated heterocycles. The van der Waals surface area contributed by atoms with E-state index in [0.717, 1.165) is 0 Å². The van der Waals surface area contributed by atoms with Crippen LogP contribution in [0.5, 0.6) is 0 Å². The van der Waals surface area contributed by atoms with Gasteiger partial charge in [-0.3, -0.25) is 0 Å². The number of halogens is 1. The first-order valence-electron chi connectivity index (χ1n) is 5.53. The molecule has 0 nitrogen and oxygen atoms in total. The zero-order valence-electron chi connectivity index (χ0n) is 9.57. The maximum absolute atomic E-state index is 2.39. The Bertz CT molecular complexity index is 469. The summed E-state index contributed by atoms with van der Waals surface area (Å²) in [5, 5.41) is 0. The Hall–Kier alpha value is -0.830. The van der Waals surface area contributed by atoms with Crippen molar-refractivity contribution in [3.05, 3.63) is 57.7 Å². The summed E-state index contributed by atoms with van der Waals surface area (Å²) < 4.78 is 1.30. The first-order chi connectivity index (χ1) is 7.68. The summed E-state index contributed by atoms with van der Waals surface area (Å²) >= 11 is 2.39. The molecule has 0 aliphatic rings. The van der Waals surface area contributed by atoms with Crippen LogP contribution < -0.4 is 0 Å². The third-order valence-corrected chi connectivity index (χ3v) is 3.70. The van der Waals surface area contributed by atoms with E-state index in [1.54, 1.807) is 0 Å². The molecule has 1 heteroatoms. The predicted octanol–water partition coefficient (Wildman–Crippen LogP) is 5.08. The number of hydrogen-bond donors (Lipinski definition) is 0. The normalized spacial score (nSPS) is 10.8. The Morgan fingerprint density at radius 2 is 1.50 bits per heavy atom. The number of hydrogen-bond acceptors (Lipinski definition) is 0. The first-order valence-corrected chi connectivity index (χ1v) is 6.61. The largest absolute Gasteiger partial charge is 0.0616 e. The van der Waals surface area contributed by atoms with Crippen molar-refractivity contribution in [2.75, 3.05) is 0 Å². The highest BCUT2D eigenvalue weighted by Crippen LogP contribution is 2.26. The van der Waals surface area contributed by atoms with Crippen LogP contribution in [0.25, 0.3) is 11.1 Å². The van der Waals surface area contributed by atoms with Crippen LogP contribution in [0.3, 0.4) is 0 Å². The Morgan fingerprint density at radius 1 is 0.875 bits per heavy atom. The maximum Gasteiger partial charge on any atom is 0.0208 e. The van der Waals surface area contributed by atoms with E-state index >= 15 is 0 Å². The lowest BCUT2D eigenvalue weighted by molar-refractivity contribution is 0.867. The summed E-state index contributed by atoms with van der Waals surface area (Å²) in [5.41, 5.74) is 4.02. The molecule has 2 aromatic carbocycles. The van der Waals surface area contributed by atoms with E-state index in [9.17, 15) is 0 Å². The van der Waals surface area contributed by atoms with Gasteiger partial charge in [-0.15, -0.1) is 0 Å². The maximum atomic E-state index is 2.39. The van der Waals surface area contributed by atoms with E-state index in [1.807, 2.05) is 0 Å². The Kier molecular flexibility index (Phi) is 3.64. The van der Waals surface area contributed by atoms with Crippen molar-refractivity contribution in [3.8, 4) is 11.1 Å². The van der Waals surface area contributed by atoms with Gasteiger partial charge >= 0.3 is 0 Å². The Balaban J connectivity index is 2.39. The molecule has 0 aliphatic heterocycles. The second-order valence-corrected chi connectivity index (χ2v) is 5.42. The van der Waals surface area contributed by atoms with Gasteiger partial charge in [0.15, 0.2) is 0 Å². The average molecular weight is 322 g/mol. The smallest absolute Gasteiger partial charge is 0.0208 e. The highest BCUT2D eigenvalue weighted by atomic mass is 127. The quantitative estimate of drug-likeness (QED) is 0.676. The van der Waals surface area contributed by atoms with E-state index in [2.05, 4.69) is 85.0 Å². The van der Waals surface area contributed by atoms with Crippen LogP contribution in [-0.2, 0) is 0 Å². The van der Waals surface area contributed by atoms with E-state index in [4.69, 9.17) is 0 Å². The molecule has 0 unspecified atom stereocenters. The van der Waals surface area contributed by atoms with Crippen LogP contribution >= 0.6 is 22.6 Å². The summed E-state index contributed by atoms with van der Waals surface area (Å²) in [6, 6.07) is 17.4. The second-order valence-electron chi connectivity index (χ2n) is 4.26. The molecule has 0 fully saturated rings. The molecule has 0 bridgehead atoms. The van der Waals surface area contributed by atoms with Crippen molar-refractivity contribution in [2.24, 2.45) is 0 Å². The van der Waals surface area contributed by atoms with Crippen LogP contribution in [0.15, 0.2) is 48.5 Å². The Morgan fingerprint density at radius 3 is 2.06 bits per heavy atom. The van der Waals surface area contributed by atoms with E-state index < -0.39 is 0 Å². The van der Waals surface area contributed by atoms with Gasteiger partial charge in [0, 0.05) is 3.57 Å². The lowest BCUT2D eigenvalue weighted by Gasteiger charge is -2.08. The molecule has 0 aliphatic carbocycles. The first kappa shape index (κ1) is 11.6. The number of benzene rings is 2. The zero-order chi connectivity index (χ0) is 11.5. The molecule has 16 heavy (non-hydrogen) atoms. The fourth-order valence-corrected chi connectivity index (χ4v) is 2.44. The van der Waals surface area contributed by atoms with Gasteiger partial charge in [-0.1, -0.05) is 56.3 Å². The van der Waals surface area contributed by atoms with Gasteiger partial charge in [0.2, 0.25) is 0 Å². The topological polar surface area (TPSA) is 0 Å². The van der Waals surface area contributed by atoms with Crippen LogP contribution in [0.2, 0.25) is 0 Å². The monoisotopic (exact) mass is 322 g/mol. The predicted molar refractivity (Wildman–Crippen MR) is 78.7 cm³/mol. The minimum Gasteiger partial charge on any atom is -0.0616 e.